The van der Waals surface area contributed by atoms with E-state index in [-0.39, 0.29) is 35.4 Å². The molecule has 3 aliphatic carbocycles. The summed E-state index contributed by atoms with van der Waals surface area (Å²) < 4.78 is 28.5. The molecule has 1 aromatic carbocycles. The number of ketones is 3. The SMILES string of the molecule is CN(C)CCCCNC(=O)C1=CN2C3CC4C(=O)c5ccccc5C(=O)C4CC3OC3C(NCCCN4CCOCC4)C(F)CC(C1=O)C32. The van der Waals surface area contributed by atoms with Gasteiger partial charge in [0.15, 0.2) is 17.3 Å². The molecule has 0 bridgehead atoms. The lowest BCUT2D eigenvalue weighted by molar-refractivity contribution is -0.202. The zero-order valence-electron chi connectivity index (χ0n) is 28.7. The van der Waals surface area contributed by atoms with Crippen molar-refractivity contribution < 1.29 is 33.0 Å². The van der Waals surface area contributed by atoms with Crippen LogP contribution in [0, 0.1) is 17.8 Å². The van der Waals surface area contributed by atoms with E-state index in [2.05, 4.69) is 25.3 Å². The van der Waals surface area contributed by atoms with Crippen LogP contribution in [-0.4, -0.2) is 141 Å². The average Bonchev–Trinajstić information content (AvgIpc) is 3.10. The first-order valence-corrected chi connectivity index (χ1v) is 18.2. The maximum Gasteiger partial charge on any atom is 0.256 e. The average molecular weight is 680 g/mol. The summed E-state index contributed by atoms with van der Waals surface area (Å²) in [5.41, 5.74) is 0.948. The van der Waals surface area contributed by atoms with Crippen LogP contribution < -0.4 is 10.6 Å². The Morgan fingerprint density at radius 3 is 2.35 bits per heavy atom. The van der Waals surface area contributed by atoms with Crippen LogP contribution in [0.25, 0.3) is 0 Å². The summed E-state index contributed by atoms with van der Waals surface area (Å²) in [6.07, 6.45) is 2.38. The Morgan fingerprint density at radius 2 is 1.63 bits per heavy atom. The lowest BCUT2D eigenvalue weighted by atomic mass is 9.63. The third kappa shape index (κ3) is 6.74. The molecule has 1 amide bonds. The fourth-order valence-electron chi connectivity index (χ4n) is 9.16. The summed E-state index contributed by atoms with van der Waals surface area (Å²) in [5.74, 6) is -2.69. The normalized spacial score (nSPS) is 34.1. The van der Waals surface area contributed by atoms with E-state index in [9.17, 15) is 19.2 Å². The van der Waals surface area contributed by atoms with E-state index in [1.807, 2.05) is 14.1 Å². The zero-order chi connectivity index (χ0) is 34.2. The van der Waals surface area contributed by atoms with Gasteiger partial charge in [0.1, 0.15) is 6.17 Å². The van der Waals surface area contributed by atoms with E-state index in [0.717, 1.165) is 58.7 Å². The fourth-order valence-corrected chi connectivity index (χ4v) is 9.16. The number of hydrogen-bond donors (Lipinski definition) is 2. The smallest absolute Gasteiger partial charge is 0.256 e. The van der Waals surface area contributed by atoms with Crippen LogP contribution in [0.1, 0.15) is 59.2 Å². The first-order chi connectivity index (χ1) is 23.7. The number of ether oxygens (including phenoxy) is 2. The number of unbranched alkanes of at least 4 members (excludes halogenated alkanes) is 1. The highest BCUT2D eigenvalue weighted by Gasteiger charge is 2.61. The molecule has 9 unspecified atom stereocenters. The maximum absolute atomic E-state index is 16.3. The molecule has 7 rings (SSSR count). The van der Waals surface area contributed by atoms with Crippen molar-refractivity contribution in [3.8, 4) is 0 Å². The predicted molar refractivity (Wildman–Crippen MR) is 180 cm³/mol. The van der Waals surface area contributed by atoms with Crippen molar-refractivity contribution in [2.75, 3.05) is 66.6 Å². The van der Waals surface area contributed by atoms with Gasteiger partial charge in [0.05, 0.1) is 49.1 Å². The van der Waals surface area contributed by atoms with Gasteiger partial charge < -0.3 is 29.9 Å². The van der Waals surface area contributed by atoms with Crippen molar-refractivity contribution in [1.82, 2.24) is 25.3 Å². The van der Waals surface area contributed by atoms with Crippen molar-refractivity contribution >= 4 is 23.3 Å². The third-order valence-corrected chi connectivity index (χ3v) is 11.6. The molecule has 0 aromatic heterocycles. The summed E-state index contributed by atoms with van der Waals surface area (Å²) in [7, 11) is 4.00. The number of fused-ring (bicyclic) bond motifs is 4. The highest BCUT2D eigenvalue weighted by Crippen LogP contribution is 2.49. The molecule has 3 heterocycles. The van der Waals surface area contributed by atoms with Crippen LogP contribution in [0.3, 0.4) is 0 Å². The summed E-state index contributed by atoms with van der Waals surface area (Å²) >= 11 is 0. The minimum Gasteiger partial charge on any atom is -0.379 e. The molecule has 2 saturated heterocycles. The number of carbonyl (C=O) groups excluding carboxylic acids is 4. The van der Waals surface area contributed by atoms with Crippen LogP contribution in [0.2, 0.25) is 0 Å². The minimum atomic E-state index is -1.36. The lowest BCUT2D eigenvalue weighted by Gasteiger charge is -2.60. The van der Waals surface area contributed by atoms with Crippen molar-refractivity contribution in [3.63, 3.8) is 0 Å². The number of halogens is 1. The highest BCUT2D eigenvalue weighted by atomic mass is 19.1. The van der Waals surface area contributed by atoms with E-state index in [4.69, 9.17) is 9.47 Å². The summed E-state index contributed by atoms with van der Waals surface area (Å²) in [5, 5.41) is 6.38. The number of hydrogen-bond acceptors (Lipinski definition) is 10. The minimum absolute atomic E-state index is 0.0112. The Balaban J connectivity index is 1.14. The first-order valence-electron chi connectivity index (χ1n) is 18.2. The number of Topliss-reactive ketones (excluding diaryl/α,β-unsaturated/α-hetero) is 3. The third-order valence-electron chi connectivity index (χ3n) is 11.6. The summed E-state index contributed by atoms with van der Waals surface area (Å²) in [6, 6.07) is 5.54. The van der Waals surface area contributed by atoms with Gasteiger partial charge in [-0.1, -0.05) is 24.3 Å². The van der Waals surface area contributed by atoms with Crippen molar-refractivity contribution in [2.24, 2.45) is 17.8 Å². The van der Waals surface area contributed by atoms with Gasteiger partial charge in [-0.15, -0.1) is 0 Å². The molecule has 11 nitrogen and oxygen atoms in total. The number of carbonyl (C=O) groups is 4. The second-order valence-electron chi connectivity index (χ2n) is 14.9. The molecule has 3 aliphatic heterocycles. The molecule has 0 spiro atoms. The topological polar surface area (TPSA) is 121 Å². The van der Waals surface area contributed by atoms with Gasteiger partial charge in [0.25, 0.3) is 5.91 Å². The fraction of sp³-hybridized carbons (Fsp3) is 0.676. The van der Waals surface area contributed by atoms with E-state index < -0.39 is 54.1 Å². The Morgan fingerprint density at radius 1 is 0.918 bits per heavy atom. The molecular formula is C37H50FN5O6. The van der Waals surface area contributed by atoms with Crippen LogP contribution >= 0.6 is 0 Å². The lowest BCUT2D eigenvalue weighted by Crippen LogP contribution is -2.73. The molecular weight excluding hydrogens is 629 g/mol. The standard InChI is InChI=1S/C37H50FN5O6/c1-41(2)12-6-5-10-40-37(47)27-21-43-29-19-24-25(34(45)23-9-4-3-8-22(23)33(24)44)20-30(29)49-36-31(28(38)18-26(32(36)43)35(27)46)39-11-7-13-42-14-16-48-17-15-42/h3-4,8-9,21,24-26,28-32,36,39H,5-7,10-20H2,1-2H3,(H,40,47). The van der Waals surface area contributed by atoms with Crippen LogP contribution in [0.15, 0.2) is 36.0 Å². The monoisotopic (exact) mass is 679 g/mol. The molecule has 266 valence electrons. The van der Waals surface area contributed by atoms with Gasteiger partial charge in [-0.25, -0.2) is 4.39 Å². The largest absolute Gasteiger partial charge is 0.379 e. The van der Waals surface area contributed by atoms with E-state index in [1.54, 1.807) is 30.5 Å². The second kappa shape index (κ2) is 14.7. The summed E-state index contributed by atoms with van der Waals surface area (Å²) in [4.78, 5) is 61.6. The number of nitrogens with zero attached hydrogens (tertiary/aromatic N) is 3. The van der Waals surface area contributed by atoms with Crippen LogP contribution in [0.5, 0.6) is 0 Å². The number of nitrogens with one attached hydrogen (secondary N) is 2. The van der Waals surface area contributed by atoms with Gasteiger partial charge in [-0.05, 0) is 72.3 Å². The number of benzene rings is 1. The molecule has 1 aromatic rings. The molecule has 2 N–H and O–H groups in total. The Hall–Kier alpha value is -3.03. The molecule has 0 radical (unpaired) electrons. The number of rotatable bonds is 11. The second-order valence-corrected chi connectivity index (χ2v) is 14.9. The van der Waals surface area contributed by atoms with Gasteiger partial charge in [-0.2, -0.15) is 0 Å². The Bertz CT molecular complexity index is 1460. The van der Waals surface area contributed by atoms with Crippen molar-refractivity contribution in [2.45, 2.75) is 75.0 Å². The number of morpholine rings is 2. The predicted octanol–water partition coefficient (Wildman–Crippen LogP) is 1.86. The van der Waals surface area contributed by atoms with Crippen molar-refractivity contribution in [1.29, 1.82) is 0 Å². The van der Waals surface area contributed by atoms with Gasteiger partial charge in [0.2, 0.25) is 0 Å². The zero-order valence-corrected chi connectivity index (χ0v) is 28.7. The molecule has 9 atom stereocenters. The maximum atomic E-state index is 16.3. The van der Waals surface area contributed by atoms with Gasteiger partial charge >= 0.3 is 0 Å². The van der Waals surface area contributed by atoms with Gasteiger partial charge in [0, 0.05) is 54.7 Å². The van der Waals surface area contributed by atoms with E-state index in [0.29, 0.717) is 37.1 Å². The van der Waals surface area contributed by atoms with Gasteiger partial charge in [-0.3, -0.25) is 24.1 Å². The summed E-state index contributed by atoms with van der Waals surface area (Å²) in [6.45, 7) is 6.02. The Kier molecular flexibility index (Phi) is 10.3. The first kappa shape index (κ1) is 34.4. The van der Waals surface area contributed by atoms with Crippen LogP contribution in [0.4, 0.5) is 4.39 Å². The molecule has 2 saturated carbocycles. The Labute approximate surface area is 287 Å². The van der Waals surface area contributed by atoms with Crippen molar-refractivity contribution in [3.05, 3.63) is 47.2 Å². The molecule has 6 aliphatic rings. The van der Waals surface area contributed by atoms with E-state index >= 15 is 4.39 Å². The molecule has 4 fully saturated rings. The number of amides is 1. The quantitative estimate of drug-likeness (QED) is 0.265. The molecule has 49 heavy (non-hydrogen) atoms. The molecule has 12 heteroatoms. The number of alkyl halides is 1. The van der Waals surface area contributed by atoms with Crippen LogP contribution in [-0.2, 0) is 19.1 Å². The highest BCUT2D eigenvalue weighted by molar-refractivity contribution is 6.20. The van der Waals surface area contributed by atoms with E-state index in [1.165, 1.54) is 0 Å².